The molecular formula is C18H27N3O3. The van der Waals surface area contributed by atoms with Crippen molar-refractivity contribution >= 4 is 0 Å². The number of aliphatic hydroxyl groups excluding tert-OH is 1. The van der Waals surface area contributed by atoms with Crippen LogP contribution in [0.25, 0.3) is 0 Å². The minimum atomic E-state index is -0.566. The Balaban J connectivity index is 1.65. The first-order valence-corrected chi connectivity index (χ1v) is 9.03. The number of aliphatic hydroxyl groups is 1. The van der Waals surface area contributed by atoms with Crippen molar-refractivity contribution in [3.05, 3.63) is 35.9 Å². The first-order chi connectivity index (χ1) is 11.8. The average Bonchev–Trinajstić information content (AvgIpc) is 3.20. The summed E-state index contributed by atoms with van der Waals surface area (Å²) in [6.45, 7) is 3.77. The van der Waals surface area contributed by atoms with E-state index in [1.807, 2.05) is 12.1 Å². The molecule has 1 fully saturated rings. The molecule has 1 aliphatic rings. The minimum absolute atomic E-state index is 0.300. The van der Waals surface area contributed by atoms with E-state index in [-0.39, 0.29) is 0 Å². The second kappa shape index (κ2) is 8.44. The number of likely N-dealkylation sites (tertiary alicyclic amines) is 1. The fraction of sp³-hybridized carbons (Fsp3) is 0.667. The molecule has 0 spiro atoms. The van der Waals surface area contributed by atoms with Gasteiger partial charge < -0.3 is 14.0 Å². The first kappa shape index (κ1) is 17.2. The van der Waals surface area contributed by atoms with E-state index in [2.05, 4.69) is 22.0 Å². The van der Waals surface area contributed by atoms with Crippen LogP contribution in [0, 0.1) is 0 Å². The zero-order chi connectivity index (χ0) is 16.8. The summed E-state index contributed by atoms with van der Waals surface area (Å²) in [5, 5.41) is 14.5. The van der Waals surface area contributed by atoms with E-state index in [1.54, 1.807) is 6.26 Å². The molecule has 0 unspecified atom stereocenters. The van der Waals surface area contributed by atoms with Crippen LogP contribution in [0.5, 0.6) is 0 Å². The summed E-state index contributed by atoms with van der Waals surface area (Å²) in [4.78, 5) is 6.87. The highest BCUT2D eigenvalue weighted by Gasteiger charge is 2.26. The molecule has 24 heavy (non-hydrogen) atoms. The van der Waals surface area contributed by atoms with Gasteiger partial charge in [0.05, 0.1) is 12.8 Å². The SMILES string of the molecule is CCCc1noc(CN2CCCCC[C@H]2C[C@@H](O)c2ccco2)n1. The van der Waals surface area contributed by atoms with Crippen molar-refractivity contribution in [2.45, 2.75) is 70.6 Å². The molecule has 0 radical (unpaired) electrons. The Morgan fingerprint density at radius 2 is 2.29 bits per heavy atom. The predicted octanol–water partition coefficient (Wildman–Crippen LogP) is 3.48. The molecule has 2 atom stereocenters. The van der Waals surface area contributed by atoms with Crippen molar-refractivity contribution in [3.63, 3.8) is 0 Å². The van der Waals surface area contributed by atoms with Crippen molar-refractivity contribution in [1.29, 1.82) is 0 Å². The third-order valence-electron chi connectivity index (χ3n) is 4.69. The summed E-state index contributed by atoms with van der Waals surface area (Å²) in [7, 11) is 0. The number of furan rings is 1. The van der Waals surface area contributed by atoms with E-state index in [9.17, 15) is 5.11 Å². The van der Waals surface area contributed by atoms with Crippen LogP contribution in [0.15, 0.2) is 27.3 Å². The lowest BCUT2D eigenvalue weighted by atomic mass is 10.0. The lowest BCUT2D eigenvalue weighted by molar-refractivity contribution is 0.0779. The van der Waals surface area contributed by atoms with E-state index in [1.165, 1.54) is 19.3 Å². The molecule has 0 aromatic carbocycles. The van der Waals surface area contributed by atoms with Crippen LogP contribution in [0.1, 0.15) is 69.0 Å². The van der Waals surface area contributed by atoms with Crippen molar-refractivity contribution in [3.8, 4) is 0 Å². The Bertz CT molecular complexity index is 596. The molecule has 2 aromatic rings. The summed E-state index contributed by atoms with van der Waals surface area (Å²) in [5.74, 6) is 2.11. The molecule has 0 amide bonds. The Morgan fingerprint density at radius 1 is 1.38 bits per heavy atom. The standard InChI is InChI=1S/C18H27N3O3/c1-2-7-17-19-18(24-20-17)13-21-10-5-3-4-8-14(21)12-15(22)16-9-6-11-23-16/h6,9,11,14-15,22H,2-5,7-8,10,12-13H2,1H3/t14-,15+/m0/s1. The number of rotatable bonds is 7. The molecule has 1 N–H and O–H groups in total. The molecule has 3 heterocycles. The summed E-state index contributed by atoms with van der Waals surface area (Å²) in [5.41, 5.74) is 0. The Morgan fingerprint density at radius 3 is 3.08 bits per heavy atom. The summed E-state index contributed by atoms with van der Waals surface area (Å²) >= 11 is 0. The molecule has 0 bridgehead atoms. The number of nitrogens with zero attached hydrogens (tertiary/aromatic N) is 3. The van der Waals surface area contributed by atoms with Crippen molar-refractivity contribution in [2.75, 3.05) is 6.54 Å². The van der Waals surface area contributed by atoms with Crippen LogP contribution in [0.3, 0.4) is 0 Å². The Labute approximate surface area is 142 Å². The molecule has 6 heteroatoms. The fourth-order valence-corrected chi connectivity index (χ4v) is 3.42. The van der Waals surface area contributed by atoms with Crippen LogP contribution in [-0.2, 0) is 13.0 Å². The topological polar surface area (TPSA) is 75.5 Å². The largest absolute Gasteiger partial charge is 0.467 e. The second-order valence-corrected chi connectivity index (χ2v) is 6.59. The monoisotopic (exact) mass is 333 g/mol. The predicted molar refractivity (Wildman–Crippen MR) is 89.2 cm³/mol. The summed E-state index contributed by atoms with van der Waals surface area (Å²) in [6, 6.07) is 3.95. The molecule has 1 aliphatic heterocycles. The van der Waals surface area contributed by atoms with Crippen LogP contribution in [-0.4, -0.2) is 32.7 Å². The maximum atomic E-state index is 10.4. The highest BCUT2D eigenvalue weighted by Crippen LogP contribution is 2.27. The van der Waals surface area contributed by atoms with E-state index < -0.39 is 6.10 Å². The quantitative estimate of drug-likeness (QED) is 0.836. The molecule has 0 saturated carbocycles. The maximum Gasteiger partial charge on any atom is 0.240 e. The van der Waals surface area contributed by atoms with Gasteiger partial charge in [-0.05, 0) is 44.4 Å². The molecule has 1 saturated heterocycles. The number of hydrogen-bond donors (Lipinski definition) is 1. The van der Waals surface area contributed by atoms with Crippen molar-refractivity contribution in [2.24, 2.45) is 0 Å². The van der Waals surface area contributed by atoms with Crippen LogP contribution >= 0.6 is 0 Å². The van der Waals surface area contributed by atoms with Gasteiger partial charge in [-0.1, -0.05) is 24.9 Å². The smallest absolute Gasteiger partial charge is 0.240 e. The Kier molecular flexibility index (Phi) is 6.04. The van der Waals surface area contributed by atoms with Gasteiger partial charge in [-0.25, -0.2) is 0 Å². The molecule has 0 aliphatic carbocycles. The van der Waals surface area contributed by atoms with Gasteiger partial charge >= 0.3 is 0 Å². The fourth-order valence-electron chi connectivity index (χ4n) is 3.42. The molecule has 132 valence electrons. The van der Waals surface area contributed by atoms with Crippen molar-refractivity contribution < 1.29 is 14.0 Å². The van der Waals surface area contributed by atoms with Gasteiger partial charge in [-0.3, -0.25) is 4.90 Å². The van der Waals surface area contributed by atoms with Gasteiger partial charge in [0.1, 0.15) is 11.9 Å². The van der Waals surface area contributed by atoms with Gasteiger partial charge in [0.25, 0.3) is 0 Å². The lowest BCUT2D eigenvalue weighted by Gasteiger charge is -2.29. The molecular weight excluding hydrogens is 306 g/mol. The summed E-state index contributed by atoms with van der Waals surface area (Å²) in [6.07, 6.45) is 8.25. The number of hydrogen-bond acceptors (Lipinski definition) is 6. The highest BCUT2D eigenvalue weighted by atomic mass is 16.5. The number of aromatic nitrogens is 2. The van der Waals surface area contributed by atoms with Gasteiger partial charge in [-0.2, -0.15) is 4.98 Å². The van der Waals surface area contributed by atoms with Gasteiger partial charge in [0.2, 0.25) is 5.89 Å². The zero-order valence-electron chi connectivity index (χ0n) is 14.4. The minimum Gasteiger partial charge on any atom is -0.467 e. The van der Waals surface area contributed by atoms with E-state index in [0.29, 0.717) is 30.7 Å². The van der Waals surface area contributed by atoms with Crippen molar-refractivity contribution in [1.82, 2.24) is 15.0 Å². The van der Waals surface area contributed by atoms with E-state index in [0.717, 1.165) is 31.6 Å². The highest BCUT2D eigenvalue weighted by molar-refractivity contribution is 5.02. The van der Waals surface area contributed by atoms with E-state index in [4.69, 9.17) is 8.94 Å². The van der Waals surface area contributed by atoms with Gasteiger partial charge in [-0.15, -0.1) is 0 Å². The third kappa shape index (κ3) is 4.45. The normalized spacial score (nSPS) is 20.8. The van der Waals surface area contributed by atoms with Crippen LogP contribution in [0.4, 0.5) is 0 Å². The summed E-state index contributed by atoms with van der Waals surface area (Å²) < 4.78 is 10.7. The second-order valence-electron chi connectivity index (χ2n) is 6.59. The van der Waals surface area contributed by atoms with Crippen LogP contribution in [0.2, 0.25) is 0 Å². The maximum absolute atomic E-state index is 10.4. The van der Waals surface area contributed by atoms with Gasteiger partial charge in [0, 0.05) is 12.5 Å². The first-order valence-electron chi connectivity index (χ1n) is 9.03. The zero-order valence-corrected chi connectivity index (χ0v) is 14.4. The van der Waals surface area contributed by atoms with Gasteiger partial charge in [0.15, 0.2) is 5.82 Å². The average molecular weight is 333 g/mol. The molecule has 2 aromatic heterocycles. The molecule has 3 rings (SSSR count). The molecule has 6 nitrogen and oxygen atoms in total. The van der Waals surface area contributed by atoms with E-state index >= 15 is 0 Å². The number of aryl methyl sites for hydroxylation is 1. The third-order valence-corrected chi connectivity index (χ3v) is 4.69. The Hall–Kier alpha value is -1.66. The lowest BCUT2D eigenvalue weighted by Crippen LogP contribution is -2.35. The van der Waals surface area contributed by atoms with Crippen LogP contribution < -0.4 is 0 Å².